The lowest BCUT2D eigenvalue weighted by molar-refractivity contribution is -0.142. The molecule has 3 rings (SSSR count). The van der Waals surface area contributed by atoms with E-state index in [9.17, 15) is 9.90 Å². The molecule has 138 valence electrons. The number of para-hydroxylation sites is 1. The number of carboxylic acid groups (broad SMARTS) is 1. The molecule has 0 aromatic heterocycles. The van der Waals surface area contributed by atoms with Gasteiger partial charge in [0.2, 0.25) is 0 Å². The van der Waals surface area contributed by atoms with E-state index in [4.69, 9.17) is 4.74 Å². The molecule has 1 aliphatic heterocycles. The van der Waals surface area contributed by atoms with Gasteiger partial charge in [-0.1, -0.05) is 48.5 Å². The van der Waals surface area contributed by atoms with Crippen LogP contribution in [-0.4, -0.2) is 41.7 Å². The van der Waals surface area contributed by atoms with E-state index in [0.29, 0.717) is 6.61 Å². The topological polar surface area (TPSA) is 49.8 Å². The number of aliphatic carboxylic acids is 1. The number of benzene rings is 2. The van der Waals surface area contributed by atoms with Gasteiger partial charge in [0.05, 0.1) is 6.61 Å². The molecule has 1 N–H and O–H groups in total. The largest absolute Gasteiger partial charge is 0.493 e. The molecule has 1 aliphatic rings. The first kappa shape index (κ1) is 18.5. The number of aryl methyl sites for hydroxylation is 2. The monoisotopic (exact) mass is 353 g/mol. The number of likely N-dealkylation sites (tertiary alicyclic amines) is 1. The van der Waals surface area contributed by atoms with Gasteiger partial charge in [0, 0.05) is 6.54 Å². The van der Waals surface area contributed by atoms with Crippen LogP contribution in [0.25, 0.3) is 0 Å². The van der Waals surface area contributed by atoms with E-state index in [-0.39, 0.29) is 6.04 Å². The van der Waals surface area contributed by atoms with Crippen molar-refractivity contribution in [3.8, 4) is 5.75 Å². The molecule has 0 saturated carbocycles. The zero-order chi connectivity index (χ0) is 18.2. The van der Waals surface area contributed by atoms with Gasteiger partial charge >= 0.3 is 5.97 Å². The molecule has 0 aliphatic carbocycles. The van der Waals surface area contributed by atoms with Crippen LogP contribution in [0.2, 0.25) is 0 Å². The fourth-order valence-corrected chi connectivity index (χ4v) is 3.60. The molecule has 1 heterocycles. The second-order valence-corrected chi connectivity index (χ2v) is 6.83. The highest BCUT2D eigenvalue weighted by Crippen LogP contribution is 2.21. The summed E-state index contributed by atoms with van der Waals surface area (Å²) < 4.78 is 6.01. The maximum Gasteiger partial charge on any atom is 0.320 e. The lowest BCUT2D eigenvalue weighted by Gasteiger charge is -2.21. The predicted molar refractivity (Wildman–Crippen MR) is 103 cm³/mol. The highest BCUT2D eigenvalue weighted by atomic mass is 16.5. The minimum atomic E-state index is -0.699. The highest BCUT2D eigenvalue weighted by Gasteiger charge is 2.29. The summed E-state index contributed by atoms with van der Waals surface area (Å²) in [6, 6.07) is 18.4. The van der Waals surface area contributed by atoms with Crippen LogP contribution in [0, 0.1) is 0 Å². The molecule has 26 heavy (non-hydrogen) atoms. The molecule has 1 unspecified atom stereocenters. The van der Waals surface area contributed by atoms with E-state index in [0.717, 1.165) is 50.9 Å². The predicted octanol–water partition coefficient (Wildman–Crippen LogP) is 3.79. The fraction of sp³-hybridized carbons (Fsp3) is 0.409. The third kappa shape index (κ3) is 5.09. The van der Waals surface area contributed by atoms with E-state index in [1.165, 1.54) is 11.1 Å². The Morgan fingerprint density at radius 3 is 2.65 bits per heavy atom. The number of carboxylic acids is 1. The van der Waals surface area contributed by atoms with Crippen molar-refractivity contribution in [2.75, 3.05) is 19.7 Å². The third-order valence-electron chi connectivity index (χ3n) is 4.99. The highest BCUT2D eigenvalue weighted by molar-refractivity contribution is 5.73. The molecule has 4 nitrogen and oxygen atoms in total. The van der Waals surface area contributed by atoms with E-state index >= 15 is 0 Å². The fourth-order valence-electron chi connectivity index (χ4n) is 3.60. The van der Waals surface area contributed by atoms with Crippen molar-refractivity contribution < 1.29 is 14.6 Å². The van der Waals surface area contributed by atoms with Crippen LogP contribution in [0.15, 0.2) is 54.6 Å². The van der Waals surface area contributed by atoms with Crippen molar-refractivity contribution >= 4 is 5.97 Å². The average molecular weight is 353 g/mol. The molecule has 0 radical (unpaired) electrons. The van der Waals surface area contributed by atoms with Gasteiger partial charge in [0.15, 0.2) is 0 Å². The van der Waals surface area contributed by atoms with Crippen molar-refractivity contribution in [2.45, 2.75) is 38.1 Å². The minimum Gasteiger partial charge on any atom is -0.493 e. The van der Waals surface area contributed by atoms with E-state index in [1.807, 2.05) is 18.2 Å². The summed E-state index contributed by atoms with van der Waals surface area (Å²) in [7, 11) is 0. The Kier molecular flexibility index (Phi) is 6.67. The van der Waals surface area contributed by atoms with Crippen LogP contribution < -0.4 is 4.74 Å². The van der Waals surface area contributed by atoms with Crippen molar-refractivity contribution in [3.05, 3.63) is 65.7 Å². The number of hydrogen-bond acceptors (Lipinski definition) is 3. The van der Waals surface area contributed by atoms with Gasteiger partial charge < -0.3 is 9.84 Å². The van der Waals surface area contributed by atoms with Gasteiger partial charge in [-0.15, -0.1) is 0 Å². The van der Waals surface area contributed by atoms with Gasteiger partial charge in [0.25, 0.3) is 0 Å². The molecule has 0 bridgehead atoms. The maximum absolute atomic E-state index is 11.2. The van der Waals surface area contributed by atoms with E-state index in [1.54, 1.807) is 0 Å². The number of hydrogen-bond donors (Lipinski definition) is 1. The lowest BCUT2D eigenvalue weighted by Crippen LogP contribution is -2.36. The summed E-state index contributed by atoms with van der Waals surface area (Å²) in [4.78, 5) is 13.3. The molecule has 2 aromatic carbocycles. The first-order valence-electron chi connectivity index (χ1n) is 9.45. The number of rotatable bonds is 9. The van der Waals surface area contributed by atoms with Crippen molar-refractivity contribution in [2.24, 2.45) is 0 Å². The summed E-state index contributed by atoms with van der Waals surface area (Å²) in [5, 5.41) is 9.23. The van der Waals surface area contributed by atoms with Crippen LogP contribution in [0.5, 0.6) is 5.75 Å². The third-order valence-corrected chi connectivity index (χ3v) is 4.99. The molecule has 1 saturated heterocycles. The Balaban J connectivity index is 1.47. The van der Waals surface area contributed by atoms with Gasteiger partial charge in [-0.25, -0.2) is 0 Å². The molecule has 2 aromatic rings. The van der Waals surface area contributed by atoms with Crippen LogP contribution in [-0.2, 0) is 17.6 Å². The zero-order valence-electron chi connectivity index (χ0n) is 15.1. The molecule has 0 amide bonds. The van der Waals surface area contributed by atoms with Gasteiger partial charge in [-0.05, 0) is 55.8 Å². The first-order chi connectivity index (χ1) is 12.7. The van der Waals surface area contributed by atoms with Crippen molar-refractivity contribution in [3.63, 3.8) is 0 Å². The van der Waals surface area contributed by atoms with Crippen LogP contribution in [0.1, 0.15) is 30.4 Å². The number of ether oxygens (including phenoxy) is 1. The van der Waals surface area contributed by atoms with Gasteiger partial charge in [0.1, 0.15) is 11.8 Å². The first-order valence-corrected chi connectivity index (χ1v) is 9.45. The average Bonchev–Trinajstić information content (AvgIpc) is 3.14. The molecule has 1 fully saturated rings. The van der Waals surface area contributed by atoms with Crippen molar-refractivity contribution in [1.82, 2.24) is 4.90 Å². The lowest BCUT2D eigenvalue weighted by atomic mass is 10.0. The smallest absolute Gasteiger partial charge is 0.320 e. The normalized spacial score (nSPS) is 17.3. The van der Waals surface area contributed by atoms with Gasteiger partial charge in [-0.2, -0.15) is 0 Å². The Morgan fingerprint density at radius 1 is 1.08 bits per heavy atom. The summed E-state index contributed by atoms with van der Waals surface area (Å²) in [6.45, 7) is 2.28. The molecular weight excluding hydrogens is 326 g/mol. The number of nitrogens with zero attached hydrogens (tertiary/aromatic N) is 1. The summed E-state index contributed by atoms with van der Waals surface area (Å²) in [5.41, 5.74) is 2.55. The Labute approximate surface area is 155 Å². The zero-order valence-corrected chi connectivity index (χ0v) is 15.1. The summed E-state index contributed by atoms with van der Waals surface area (Å²) >= 11 is 0. The van der Waals surface area contributed by atoms with E-state index in [2.05, 4.69) is 41.3 Å². The SMILES string of the molecule is O=C(O)C1CCCN1CCCOc1ccccc1CCc1ccccc1. The van der Waals surface area contributed by atoms with Gasteiger partial charge in [-0.3, -0.25) is 9.69 Å². The Morgan fingerprint density at radius 2 is 1.85 bits per heavy atom. The van der Waals surface area contributed by atoms with E-state index < -0.39 is 5.97 Å². The summed E-state index contributed by atoms with van der Waals surface area (Å²) in [6.07, 6.45) is 4.53. The Hall–Kier alpha value is -2.33. The minimum absolute atomic E-state index is 0.312. The maximum atomic E-state index is 11.2. The van der Waals surface area contributed by atoms with Crippen molar-refractivity contribution in [1.29, 1.82) is 0 Å². The van der Waals surface area contributed by atoms with Crippen LogP contribution in [0.3, 0.4) is 0 Å². The standard InChI is InChI=1S/C22H27NO3/c24-22(25)20-11-6-15-23(20)16-7-17-26-21-12-5-4-10-19(21)14-13-18-8-2-1-3-9-18/h1-5,8-10,12,20H,6-7,11,13-17H2,(H,24,25). The second-order valence-electron chi connectivity index (χ2n) is 6.83. The quantitative estimate of drug-likeness (QED) is 0.697. The molecule has 0 spiro atoms. The Bertz CT molecular complexity index is 702. The molecule has 4 heteroatoms. The summed E-state index contributed by atoms with van der Waals surface area (Å²) in [5.74, 6) is 0.245. The molecular formula is C22H27NO3. The number of carbonyl (C=O) groups is 1. The molecule has 1 atom stereocenters. The van der Waals surface area contributed by atoms with Crippen LogP contribution >= 0.6 is 0 Å². The second kappa shape index (κ2) is 9.39. The van der Waals surface area contributed by atoms with Crippen LogP contribution in [0.4, 0.5) is 0 Å².